The number of rotatable bonds is 3. The Morgan fingerprint density at radius 3 is 2.61 bits per heavy atom. The predicted octanol–water partition coefficient (Wildman–Crippen LogP) is 1.38. The molecule has 0 bridgehead atoms. The monoisotopic (exact) mass is 249 g/mol. The van der Waals surface area contributed by atoms with E-state index in [4.69, 9.17) is 5.11 Å². The van der Waals surface area contributed by atoms with Crippen molar-refractivity contribution >= 4 is 11.9 Å². The molecule has 1 amide bonds. The molecule has 1 aliphatic carbocycles. The van der Waals surface area contributed by atoms with Gasteiger partial charge in [0.1, 0.15) is 5.75 Å². The summed E-state index contributed by atoms with van der Waals surface area (Å²) >= 11 is 0. The second kappa shape index (κ2) is 5.08. The molecule has 0 heterocycles. The number of carbonyl (C=O) groups excluding carboxylic acids is 1. The molecule has 2 unspecified atom stereocenters. The third-order valence-electron chi connectivity index (χ3n) is 3.30. The van der Waals surface area contributed by atoms with E-state index >= 15 is 0 Å². The second-order valence-electron chi connectivity index (χ2n) is 4.47. The molecule has 96 valence electrons. The molecule has 18 heavy (non-hydrogen) atoms. The number of carbonyl (C=O) groups is 2. The van der Waals surface area contributed by atoms with Crippen LogP contribution in [0.25, 0.3) is 0 Å². The number of carboxylic acid groups (broad SMARTS) is 1. The van der Waals surface area contributed by atoms with E-state index in [1.165, 1.54) is 12.1 Å². The summed E-state index contributed by atoms with van der Waals surface area (Å²) in [5.74, 6) is -1.93. The number of benzene rings is 1. The smallest absolute Gasteiger partial charge is 0.308 e. The number of aromatic hydroxyl groups is 1. The molecule has 1 aromatic rings. The lowest BCUT2D eigenvalue weighted by Crippen LogP contribution is -2.40. The molecule has 1 aromatic carbocycles. The fraction of sp³-hybridized carbons (Fsp3) is 0.385. The van der Waals surface area contributed by atoms with Gasteiger partial charge in [-0.3, -0.25) is 9.59 Å². The molecule has 1 aliphatic rings. The Balaban J connectivity index is 2.08. The number of phenols is 1. The standard InChI is InChI=1S/C13H15NO4/c15-11-7-2-1-4-9(11)12(16)14-10-6-3-5-8(10)13(17)18/h1-2,4,7-8,10,15H,3,5-6H2,(H,14,16)(H,17,18). The largest absolute Gasteiger partial charge is 0.507 e. The van der Waals surface area contributed by atoms with Crippen LogP contribution >= 0.6 is 0 Å². The summed E-state index contributed by atoms with van der Waals surface area (Å²) in [4.78, 5) is 22.9. The summed E-state index contributed by atoms with van der Waals surface area (Å²) in [6.07, 6.45) is 2.04. The van der Waals surface area contributed by atoms with Crippen molar-refractivity contribution in [2.24, 2.45) is 5.92 Å². The van der Waals surface area contributed by atoms with Gasteiger partial charge in [-0.05, 0) is 25.0 Å². The van der Waals surface area contributed by atoms with E-state index in [0.29, 0.717) is 12.8 Å². The Kier molecular flexibility index (Phi) is 3.50. The highest BCUT2D eigenvalue weighted by atomic mass is 16.4. The summed E-state index contributed by atoms with van der Waals surface area (Å²) < 4.78 is 0. The highest BCUT2D eigenvalue weighted by Crippen LogP contribution is 2.26. The maximum Gasteiger partial charge on any atom is 0.308 e. The van der Waals surface area contributed by atoms with E-state index in [9.17, 15) is 14.7 Å². The van der Waals surface area contributed by atoms with E-state index < -0.39 is 17.8 Å². The van der Waals surface area contributed by atoms with Crippen molar-refractivity contribution in [1.82, 2.24) is 5.32 Å². The van der Waals surface area contributed by atoms with Crippen molar-refractivity contribution in [1.29, 1.82) is 0 Å². The Labute approximate surface area is 104 Å². The van der Waals surface area contributed by atoms with Gasteiger partial charge in [0.05, 0.1) is 11.5 Å². The molecule has 2 rings (SSSR count). The average Bonchev–Trinajstić information content (AvgIpc) is 2.77. The van der Waals surface area contributed by atoms with Crippen LogP contribution in [0.5, 0.6) is 5.75 Å². The highest BCUT2D eigenvalue weighted by molar-refractivity contribution is 5.97. The number of aliphatic carboxylic acids is 1. The Bertz CT molecular complexity index is 472. The fourth-order valence-electron chi connectivity index (χ4n) is 2.34. The van der Waals surface area contributed by atoms with E-state index in [0.717, 1.165) is 6.42 Å². The Hall–Kier alpha value is -2.04. The zero-order valence-corrected chi connectivity index (χ0v) is 9.80. The van der Waals surface area contributed by atoms with E-state index in [1.54, 1.807) is 12.1 Å². The Morgan fingerprint density at radius 1 is 1.22 bits per heavy atom. The molecular formula is C13H15NO4. The first-order chi connectivity index (χ1) is 8.59. The average molecular weight is 249 g/mol. The summed E-state index contributed by atoms with van der Waals surface area (Å²) in [5.41, 5.74) is 0.175. The lowest BCUT2D eigenvalue weighted by Gasteiger charge is -2.17. The third-order valence-corrected chi connectivity index (χ3v) is 3.30. The molecule has 0 spiro atoms. The van der Waals surface area contributed by atoms with Crippen molar-refractivity contribution in [3.8, 4) is 5.75 Å². The number of carboxylic acids is 1. The van der Waals surface area contributed by atoms with Gasteiger partial charge < -0.3 is 15.5 Å². The fourth-order valence-corrected chi connectivity index (χ4v) is 2.34. The van der Waals surface area contributed by atoms with Crippen LogP contribution in [0, 0.1) is 5.92 Å². The van der Waals surface area contributed by atoms with Crippen molar-refractivity contribution in [3.05, 3.63) is 29.8 Å². The number of nitrogens with one attached hydrogen (secondary N) is 1. The molecule has 0 saturated heterocycles. The summed E-state index contributed by atoms with van der Waals surface area (Å²) in [6, 6.07) is 5.86. The topological polar surface area (TPSA) is 86.6 Å². The first-order valence-electron chi connectivity index (χ1n) is 5.91. The van der Waals surface area contributed by atoms with Crippen LogP contribution in [0.15, 0.2) is 24.3 Å². The van der Waals surface area contributed by atoms with E-state index in [-0.39, 0.29) is 17.4 Å². The molecule has 3 N–H and O–H groups in total. The minimum atomic E-state index is -0.880. The van der Waals surface area contributed by atoms with Crippen molar-refractivity contribution in [2.75, 3.05) is 0 Å². The molecule has 2 atom stereocenters. The van der Waals surface area contributed by atoms with Crippen LogP contribution in [0.2, 0.25) is 0 Å². The van der Waals surface area contributed by atoms with Crippen LogP contribution in [-0.4, -0.2) is 28.1 Å². The van der Waals surface area contributed by atoms with Gasteiger partial charge in [0, 0.05) is 6.04 Å². The maximum atomic E-state index is 11.9. The van der Waals surface area contributed by atoms with Gasteiger partial charge in [0.15, 0.2) is 0 Å². The van der Waals surface area contributed by atoms with Crippen molar-refractivity contribution < 1.29 is 19.8 Å². The molecule has 5 nitrogen and oxygen atoms in total. The first kappa shape index (κ1) is 12.4. The number of para-hydroxylation sites is 1. The van der Waals surface area contributed by atoms with Gasteiger partial charge in [-0.1, -0.05) is 18.6 Å². The lowest BCUT2D eigenvalue weighted by molar-refractivity contribution is -0.142. The van der Waals surface area contributed by atoms with Crippen molar-refractivity contribution in [3.63, 3.8) is 0 Å². The number of amides is 1. The molecule has 1 saturated carbocycles. The van der Waals surface area contributed by atoms with Crippen LogP contribution in [0.3, 0.4) is 0 Å². The quantitative estimate of drug-likeness (QED) is 0.755. The van der Waals surface area contributed by atoms with Crippen LogP contribution in [0.1, 0.15) is 29.6 Å². The number of phenolic OH excluding ortho intramolecular Hbond substituents is 1. The maximum absolute atomic E-state index is 11.9. The number of hydrogen-bond acceptors (Lipinski definition) is 3. The zero-order valence-electron chi connectivity index (χ0n) is 9.80. The van der Waals surface area contributed by atoms with Gasteiger partial charge in [0.25, 0.3) is 5.91 Å². The summed E-state index contributed by atoms with van der Waals surface area (Å²) in [5, 5.41) is 21.3. The van der Waals surface area contributed by atoms with Crippen molar-refractivity contribution in [2.45, 2.75) is 25.3 Å². The molecular weight excluding hydrogens is 234 g/mol. The van der Waals surface area contributed by atoms with Gasteiger partial charge >= 0.3 is 5.97 Å². The SMILES string of the molecule is O=C(NC1CCCC1C(=O)O)c1ccccc1O. The minimum absolute atomic E-state index is 0.0973. The lowest BCUT2D eigenvalue weighted by atomic mass is 10.0. The normalized spacial score (nSPS) is 22.7. The highest BCUT2D eigenvalue weighted by Gasteiger charge is 2.34. The van der Waals surface area contributed by atoms with E-state index in [2.05, 4.69) is 5.32 Å². The van der Waals surface area contributed by atoms with Crippen LogP contribution in [-0.2, 0) is 4.79 Å². The second-order valence-corrected chi connectivity index (χ2v) is 4.47. The summed E-state index contributed by atoms with van der Waals surface area (Å²) in [6.45, 7) is 0. The predicted molar refractivity (Wildman–Crippen MR) is 64.3 cm³/mol. The summed E-state index contributed by atoms with van der Waals surface area (Å²) in [7, 11) is 0. The third kappa shape index (κ3) is 2.45. The van der Waals surface area contributed by atoms with Gasteiger partial charge in [-0.2, -0.15) is 0 Å². The van der Waals surface area contributed by atoms with Gasteiger partial charge in [0.2, 0.25) is 0 Å². The molecule has 0 aromatic heterocycles. The molecule has 5 heteroatoms. The molecule has 0 aliphatic heterocycles. The minimum Gasteiger partial charge on any atom is -0.507 e. The van der Waals surface area contributed by atoms with Crippen LogP contribution < -0.4 is 5.32 Å². The molecule has 1 fully saturated rings. The van der Waals surface area contributed by atoms with E-state index in [1.807, 2.05) is 0 Å². The van der Waals surface area contributed by atoms with Gasteiger partial charge in [-0.25, -0.2) is 0 Å². The zero-order chi connectivity index (χ0) is 13.1. The van der Waals surface area contributed by atoms with Gasteiger partial charge in [-0.15, -0.1) is 0 Å². The number of hydrogen-bond donors (Lipinski definition) is 3. The van der Waals surface area contributed by atoms with Crippen LogP contribution in [0.4, 0.5) is 0 Å². The first-order valence-corrected chi connectivity index (χ1v) is 5.91. The molecule has 0 radical (unpaired) electrons. The Morgan fingerprint density at radius 2 is 1.94 bits per heavy atom.